The molecule has 0 radical (unpaired) electrons. The van der Waals surface area contributed by atoms with E-state index in [9.17, 15) is 5.11 Å². The van der Waals surface area contributed by atoms with Gasteiger partial charge in [0.2, 0.25) is 0 Å². The molecule has 1 aromatic carbocycles. The third kappa shape index (κ3) is 2.20. The Balaban J connectivity index is 2.28. The van der Waals surface area contributed by atoms with Crippen LogP contribution in [-0.4, -0.2) is 27.0 Å². The summed E-state index contributed by atoms with van der Waals surface area (Å²) < 4.78 is 0. The number of aliphatic hydroxyl groups excluding tert-OH is 2. The lowest BCUT2D eigenvalue weighted by Crippen LogP contribution is -2.01. The fourth-order valence-corrected chi connectivity index (χ4v) is 1.97. The smallest absolute Gasteiger partial charge is 0.148 e. The fraction of sp³-hybridized carbons (Fsp3) is 0.200. The van der Waals surface area contributed by atoms with E-state index in [1.165, 1.54) is 11.3 Å². The maximum Gasteiger partial charge on any atom is 0.148 e. The van der Waals surface area contributed by atoms with Crippen molar-refractivity contribution in [3.8, 4) is 10.6 Å². The van der Waals surface area contributed by atoms with Crippen molar-refractivity contribution >= 4 is 11.3 Å². The zero-order valence-corrected chi connectivity index (χ0v) is 8.68. The van der Waals surface area contributed by atoms with Crippen LogP contribution in [0.4, 0.5) is 0 Å². The molecule has 4 nitrogen and oxygen atoms in total. The molecule has 0 aliphatic heterocycles. The average Bonchev–Trinajstić information content (AvgIpc) is 2.78. The molecule has 78 valence electrons. The molecule has 1 atom stereocenters. The summed E-state index contributed by atoms with van der Waals surface area (Å²) in [5, 5.41) is 27.1. The van der Waals surface area contributed by atoms with Gasteiger partial charge in [0.05, 0.1) is 6.61 Å². The molecule has 1 aromatic heterocycles. The maximum atomic E-state index is 9.35. The van der Waals surface area contributed by atoms with Crippen molar-refractivity contribution in [2.45, 2.75) is 6.10 Å². The van der Waals surface area contributed by atoms with Crippen LogP contribution in [0.15, 0.2) is 30.3 Å². The first-order valence-corrected chi connectivity index (χ1v) is 5.30. The lowest BCUT2D eigenvalue weighted by atomic mass is 10.2. The Bertz CT molecular complexity index is 430. The van der Waals surface area contributed by atoms with Crippen molar-refractivity contribution in [1.82, 2.24) is 10.2 Å². The highest BCUT2D eigenvalue weighted by atomic mass is 32.1. The third-order valence-corrected chi connectivity index (χ3v) is 2.99. The molecule has 15 heavy (non-hydrogen) atoms. The van der Waals surface area contributed by atoms with E-state index in [4.69, 9.17) is 5.11 Å². The molecule has 0 saturated heterocycles. The normalized spacial score (nSPS) is 12.7. The number of rotatable bonds is 3. The molecule has 0 saturated carbocycles. The van der Waals surface area contributed by atoms with Crippen LogP contribution >= 0.6 is 11.3 Å². The van der Waals surface area contributed by atoms with E-state index in [1.807, 2.05) is 30.3 Å². The van der Waals surface area contributed by atoms with E-state index in [0.717, 1.165) is 10.6 Å². The van der Waals surface area contributed by atoms with E-state index in [1.54, 1.807) is 0 Å². The maximum absolute atomic E-state index is 9.35. The van der Waals surface area contributed by atoms with Gasteiger partial charge in [0.15, 0.2) is 0 Å². The molecule has 0 spiro atoms. The Morgan fingerprint density at radius 3 is 2.60 bits per heavy atom. The molecule has 5 heteroatoms. The summed E-state index contributed by atoms with van der Waals surface area (Å²) in [6, 6.07) is 9.61. The SMILES string of the molecule is OCC(O)c1nnc(-c2ccccc2)s1. The second kappa shape index (κ2) is 4.48. The van der Waals surface area contributed by atoms with Crippen LogP contribution in [0.3, 0.4) is 0 Å². The van der Waals surface area contributed by atoms with Gasteiger partial charge < -0.3 is 10.2 Å². The minimum atomic E-state index is -0.931. The third-order valence-electron chi connectivity index (χ3n) is 1.92. The van der Waals surface area contributed by atoms with E-state index < -0.39 is 6.10 Å². The highest BCUT2D eigenvalue weighted by molar-refractivity contribution is 7.14. The van der Waals surface area contributed by atoms with Crippen LogP contribution in [0.1, 0.15) is 11.1 Å². The van der Waals surface area contributed by atoms with Gasteiger partial charge in [-0.3, -0.25) is 0 Å². The van der Waals surface area contributed by atoms with Crippen molar-refractivity contribution in [2.75, 3.05) is 6.61 Å². The number of aromatic nitrogens is 2. The Morgan fingerprint density at radius 1 is 1.20 bits per heavy atom. The zero-order valence-electron chi connectivity index (χ0n) is 7.87. The number of hydrogen-bond acceptors (Lipinski definition) is 5. The molecule has 1 heterocycles. The van der Waals surface area contributed by atoms with Crippen LogP contribution in [0.5, 0.6) is 0 Å². The van der Waals surface area contributed by atoms with Crippen LogP contribution in [0.2, 0.25) is 0 Å². The van der Waals surface area contributed by atoms with Crippen LogP contribution in [0, 0.1) is 0 Å². The minimum absolute atomic E-state index is 0.330. The van der Waals surface area contributed by atoms with Crippen molar-refractivity contribution in [2.24, 2.45) is 0 Å². The van der Waals surface area contributed by atoms with Gasteiger partial charge >= 0.3 is 0 Å². The molecule has 0 bridgehead atoms. The Kier molecular flexibility index (Phi) is 3.05. The first-order valence-electron chi connectivity index (χ1n) is 4.49. The van der Waals surface area contributed by atoms with E-state index in [2.05, 4.69) is 10.2 Å². The molecule has 0 fully saturated rings. The number of hydrogen-bond donors (Lipinski definition) is 2. The lowest BCUT2D eigenvalue weighted by Gasteiger charge is -1.98. The van der Waals surface area contributed by atoms with E-state index >= 15 is 0 Å². The van der Waals surface area contributed by atoms with E-state index in [0.29, 0.717) is 5.01 Å². The quantitative estimate of drug-likeness (QED) is 0.819. The van der Waals surface area contributed by atoms with Crippen LogP contribution in [0.25, 0.3) is 10.6 Å². The predicted molar refractivity (Wildman–Crippen MR) is 57.4 cm³/mol. The summed E-state index contributed by atoms with van der Waals surface area (Å²) in [6.07, 6.45) is -0.931. The van der Waals surface area contributed by atoms with Crippen molar-refractivity contribution in [3.63, 3.8) is 0 Å². The van der Waals surface area contributed by atoms with Crippen LogP contribution < -0.4 is 0 Å². The molecular formula is C10H10N2O2S. The molecule has 1 unspecified atom stereocenters. The topological polar surface area (TPSA) is 66.2 Å². The summed E-state index contributed by atoms with van der Waals surface area (Å²) in [7, 11) is 0. The summed E-state index contributed by atoms with van der Waals surface area (Å²) >= 11 is 1.29. The van der Waals surface area contributed by atoms with Crippen molar-refractivity contribution < 1.29 is 10.2 Å². The summed E-state index contributed by atoms with van der Waals surface area (Å²) in [5.41, 5.74) is 0.964. The minimum Gasteiger partial charge on any atom is -0.393 e. The molecule has 2 N–H and O–H groups in total. The molecule has 0 aliphatic carbocycles. The largest absolute Gasteiger partial charge is 0.393 e. The fourth-order valence-electron chi connectivity index (χ4n) is 1.14. The summed E-state index contributed by atoms with van der Waals surface area (Å²) in [4.78, 5) is 0. The first-order chi connectivity index (χ1) is 7.31. The zero-order chi connectivity index (χ0) is 10.7. The lowest BCUT2D eigenvalue weighted by molar-refractivity contribution is 0.0948. The van der Waals surface area contributed by atoms with Gasteiger partial charge in [-0.05, 0) is 0 Å². The second-order valence-corrected chi connectivity index (χ2v) is 4.02. The second-order valence-electron chi connectivity index (χ2n) is 3.01. The number of aliphatic hydroxyl groups is 2. The summed E-state index contributed by atoms with van der Waals surface area (Å²) in [6.45, 7) is -0.330. The number of benzene rings is 1. The average molecular weight is 222 g/mol. The van der Waals surface area contributed by atoms with Crippen molar-refractivity contribution in [3.05, 3.63) is 35.3 Å². The van der Waals surface area contributed by atoms with Gasteiger partial charge in [-0.25, -0.2) is 0 Å². The molecule has 0 amide bonds. The van der Waals surface area contributed by atoms with Gasteiger partial charge in [-0.15, -0.1) is 10.2 Å². The highest BCUT2D eigenvalue weighted by Crippen LogP contribution is 2.26. The molecule has 2 rings (SSSR count). The Labute approximate surface area is 90.9 Å². The Hall–Kier alpha value is -1.30. The van der Waals surface area contributed by atoms with Gasteiger partial charge in [0.1, 0.15) is 16.1 Å². The number of nitrogens with zero attached hydrogens (tertiary/aromatic N) is 2. The summed E-state index contributed by atoms with van der Waals surface area (Å²) in [5.74, 6) is 0. The van der Waals surface area contributed by atoms with Gasteiger partial charge in [-0.1, -0.05) is 41.7 Å². The standard InChI is InChI=1S/C10H10N2O2S/c13-6-8(14)10-12-11-9(15-10)7-4-2-1-3-5-7/h1-5,8,13-14H,6H2. The van der Waals surface area contributed by atoms with E-state index in [-0.39, 0.29) is 6.61 Å². The van der Waals surface area contributed by atoms with Gasteiger partial charge in [0, 0.05) is 5.56 Å². The highest BCUT2D eigenvalue weighted by Gasteiger charge is 2.13. The molecule has 2 aromatic rings. The van der Waals surface area contributed by atoms with Gasteiger partial charge in [-0.2, -0.15) is 0 Å². The van der Waals surface area contributed by atoms with Gasteiger partial charge in [0.25, 0.3) is 0 Å². The monoisotopic (exact) mass is 222 g/mol. The molecular weight excluding hydrogens is 212 g/mol. The Morgan fingerprint density at radius 2 is 1.93 bits per heavy atom. The van der Waals surface area contributed by atoms with Crippen molar-refractivity contribution in [1.29, 1.82) is 0 Å². The predicted octanol–water partition coefficient (Wildman–Crippen LogP) is 1.23. The first kappa shape index (κ1) is 10.2. The molecule has 0 aliphatic rings. The van der Waals surface area contributed by atoms with Crippen LogP contribution in [-0.2, 0) is 0 Å².